The molecule has 0 unspecified atom stereocenters. The minimum absolute atomic E-state index is 0.144. The van der Waals surface area contributed by atoms with Gasteiger partial charge >= 0.3 is 6.09 Å². The topological polar surface area (TPSA) is 86.4 Å². The van der Waals surface area contributed by atoms with Crippen LogP contribution < -0.4 is 10.7 Å². The van der Waals surface area contributed by atoms with Crippen LogP contribution in [0.3, 0.4) is 0 Å². The molecule has 7 nitrogen and oxygen atoms in total. The molecular formula is C21H25N3O4. The molecule has 1 amide bonds. The normalized spacial score (nSPS) is 12.8. The average molecular weight is 383 g/mol. The largest absolute Gasteiger partial charge is 0.455 e. The van der Waals surface area contributed by atoms with E-state index in [2.05, 4.69) is 10.4 Å². The third-order valence-electron chi connectivity index (χ3n) is 4.19. The third kappa shape index (κ3) is 4.24. The molecule has 7 heteroatoms. The van der Waals surface area contributed by atoms with E-state index in [4.69, 9.17) is 9.15 Å². The van der Waals surface area contributed by atoms with Crippen LogP contribution in [0.25, 0.3) is 22.3 Å². The van der Waals surface area contributed by atoms with Gasteiger partial charge in [-0.05, 0) is 46.2 Å². The quantitative estimate of drug-likeness (QED) is 0.736. The first-order valence-electron chi connectivity index (χ1n) is 9.10. The van der Waals surface area contributed by atoms with E-state index < -0.39 is 17.7 Å². The van der Waals surface area contributed by atoms with Gasteiger partial charge in [-0.3, -0.25) is 9.48 Å². The second kappa shape index (κ2) is 7.14. The lowest BCUT2D eigenvalue weighted by Gasteiger charge is -2.22. The summed E-state index contributed by atoms with van der Waals surface area (Å²) in [6.07, 6.45) is 2.89. The Labute approximate surface area is 163 Å². The predicted molar refractivity (Wildman–Crippen MR) is 107 cm³/mol. The van der Waals surface area contributed by atoms with E-state index in [-0.39, 0.29) is 5.43 Å². The molecule has 2 heterocycles. The van der Waals surface area contributed by atoms with Gasteiger partial charge in [0, 0.05) is 24.9 Å². The smallest absolute Gasteiger partial charge is 0.408 e. The molecule has 0 spiro atoms. The number of benzene rings is 1. The fourth-order valence-corrected chi connectivity index (χ4v) is 3.01. The summed E-state index contributed by atoms with van der Waals surface area (Å²) >= 11 is 0. The third-order valence-corrected chi connectivity index (χ3v) is 4.19. The number of nitrogens with one attached hydrogen (secondary N) is 1. The Morgan fingerprint density at radius 2 is 2.00 bits per heavy atom. The van der Waals surface area contributed by atoms with Crippen LogP contribution in [0, 0.1) is 6.92 Å². The van der Waals surface area contributed by atoms with Crippen LogP contribution in [-0.4, -0.2) is 21.5 Å². The summed E-state index contributed by atoms with van der Waals surface area (Å²) in [7, 11) is 1.80. The number of amides is 1. The molecule has 1 aromatic carbocycles. The molecule has 28 heavy (non-hydrogen) atoms. The van der Waals surface area contributed by atoms with Gasteiger partial charge in [0.15, 0.2) is 5.43 Å². The molecule has 0 aliphatic heterocycles. The summed E-state index contributed by atoms with van der Waals surface area (Å²) in [4.78, 5) is 24.9. The summed E-state index contributed by atoms with van der Waals surface area (Å²) in [5, 5.41) is 7.42. The van der Waals surface area contributed by atoms with E-state index in [1.54, 1.807) is 51.0 Å². The van der Waals surface area contributed by atoms with Gasteiger partial charge in [-0.1, -0.05) is 6.07 Å². The van der Waals surface area contributed by atoms with Crippen molar-refractivity contribution < 1.29 is 13.9 Å². The zero-order chi connectivity index (χ0) is 20.6. The molecule has 0 saturated heterocycles. The summed E-state index contributed by atoms with van der Waals surface area (Å²) in [6.45, 7) is 9.14. The van der Waals surface area contributed by atoms with Crippen LogP contribution in [0.4, 0.5) is 4.79 Å². The van der Waals surface area contributed by atoms with Crippen molar-refractivity contribution in [2.24, 2.45) is 7.05 Å². The molecule has 2 aromatic heterocycles. The summed E-state index contributed by atoms with van der Waals surface area (Å²) in [6, 6.07) is 4.75. The molecule has 0 fully saturated rings. The number of hydrogen-bond donors (Lipinski definition) is 1. The van der Waals surface area contributed by atoms with Gasteiger partial charge in [0.05, 0.1) is 23.2 Å². The van der Waals surface area contributed by atoms with Crippen LogP contribution >= 0.6 is 0 Å². The Morgan fingerprint density at radius 1 is 1.29 bits per heavy atom. The lowest BCUT2D eigenvalue weighted by molar-refractivity contribution is 0.0508. The summed E-state index contributed by atoms with van der Waals surface area (Å²) in [5.41, 5.74) is 2.03. The highest BCUT2D eigenvalue weighted by molar-refractivity contribution is 5.83. The molecule has 0 bridgehead atoms. The highest BCUT2D eigenvalue weighted by atomic mass is 16.6. The van der Waals surface area contributed by atoms with Crippen molar-refractivity contribution in [1.82, 2.24) is 15.1 Å². The molecule has 0 radical (unpaired) electrons. The van der Waals surface area contributed by atoms with E-state index >= 15 is 0 Å². The van der Waals surface area contributed by atoms with Gasteiger partial charge in [0.1, 0.15) is 16.9 Å². The number of nitrogens with zero attached hydrogens (tertiary/aromatic N) is 2. The van der Waals surface area contributed by atoms with Crippen LogP contribution in [0.5, 0.6) is 0 Å². The lowest BCUT2D eigenvalue weighted by Crippen LogP contribution is -2.34. The van der Waals surface area contributed by atoms with Crippen molar-refractivity contribution in [2.45, 2.75) is 46.3 Å². The monoisotopic (exact) mass is 383 g/mol. The molecule has 0 saturated carbocycles. The van der Waals surface area contributed by atoms with Crippen LogP contribution in [0.1, 0.15) is 44.9 Å². The van der Waals surface area contributed by atoms with Crippen LogP contribution in [0.2, 0.25) is 0 Å². The Kier molecular flexibility index (Phi) is 5.02. The lowest BCUT2D eigenvalue weighted by atomic mass is 10.0. The number of rotatable bonds is 3. The van der Waals surface area contributed by atoms with Gasteiger partial charge in [-0.15, -0.1) is 0 Å². The van der Waals surface area contributed by atoms with Gasteiger partial charge in [0.2, 0.25) is 0 Å². The van der Waals surface area contributed by atoms with E-state index in [1.165, 1.54) is 6.07 Å². The van der Waals surface area contributed by atoms with Crippen molar-refractivity contribution in [3.8, 4) is 11.3 Å². The van der Waals surface area contributed by atoms with Crippen molar-refractivity contribution in [2.75, 3.05) is 0 Å². The van der Waals surface area contributed by atoms with E-state index in [0.29, 0.717) is 27.9 Å². The number of fused-ring (bicyclic) bond motifs is 1. The van der Waals surface area contributed by atoms with Crippen molar-refractivity contribution in [3.63, 3.8) is 0 Å². The molecular weight excluding hydrogens is 358 g/mol. The second-order valence-electron chi connectivity index (χ2n) is 7.98. The van der Waals surface area contributed by atoms with E-state index in [9.17, 15) is 9.59 Å². The average Bonchev–Trinajstić information content (AvgIpc) is 2.99. The van der Waals surface area contributed by atoms with Gasteiger partial charge in [-0.2, -0.15) is 5.10 Å². The van der Waals surface area contributed by atoms with E-state index in [0.717, 1.165) is 5.56 Å². The maximum Gasteiger partial charge on any atom is 0.408 e. The first-order valence-corrected chi connectivity index (χ1v) is 9.10. The summed E-state index contributed by atoms with van der Waals surface area (Å²) < 4.78 is 13.1. The SMILES string of the molecule is Cc1cc([C@@H](C)NC(=O)OC(C)(C)C)c2oc(-c3cnn(C)c3)cc(=O)c2c1. The molecule has 0 aliphatic carbocycles. The molecule has 3 aromatic rings. The number of aryl methyl sites for hydroxylation is 2. The number of carbonyl (C=O) groups is 1. The first-order chi connectivity index (χ1) is 13.0. The van der Waals surface area contributed by atoms with Gasteiger partial charge < -0.3 is 14.5 Å². The Hall–Kier alpha value is -3.09. The van der Waals surface area contributed by atoms with Crippen LogP contribution in [-0.2, 0) is 11.8 Å². The van der Waals surface area contributed by atoms with Crippen molar-refractivity contribution >= 4 is 17.1 Å². The minimum Gasteiger partial charge on any atom is -0.455 e. The second-order valence-corrected chi connectivity index (χ2v) is 7.98. The molecule has 1 N–H and O–H groups in total. The Bertz CT molecular complexity index is 1090. The number of carbonyl (C=O) groups excluding carboxylic acids is 1. The maximum atomic E-state index is 12.7. The van der Waals surface area contributed by atoms with E-state index in [1.807, 2.05) is 19.9 Å². The first kappa shape index (κ1) is 19.7. The van der Waals surface area contributed by atoms with Crippen molar-refractivity contribution in [1.29, 1.82) is 0 Å². The minimum atomic E-state index is -0.599. The predicted octanol–water partition coefficient (Wildman–Crippen LogP) is 4.09. The fraction of sp³-hybridized carbons (Fsp3) is 0.381. The highest BCUT2D eigenvalue weighted by Crippen LogP contribution is 2.28. The highest BCUT2D eigenvalue weighted by Gasteiger charge is 2.21. The summed E-state index contributed by atoms with van der Waals surface area (Å²) in [5.74, 6) is 0.431. The fourth-order valence-electron chi connectivity index (χ4n) is 3.01. The maximum absolute atomic E-state index is 12.7. The number of hydrogen-bond acceptors (Lipinski definition) is 5. The molecule has 148 valence electrons. The molecule has 3 rings (SSSR count). The zero-order valence-electron chi connectivity index (χ0n) is 17.0. The Balaban J connectivity index is 2.07. The Morgan fingerprint density at radius 3 is 2.61 bits per heavy atom. The number of ether oxygens (including phenoxy) is 1. The zero-order valence-corrected chi connectivity index (χ0v) is 17.0. The number of alkyl carbamates (subject to hydrolysis) is 1. The number of aromatic nitrogens is 2. The van der Waals surface area contributed by atoms with Gasteiger partial charge in [0.25, 0.3) is 0 Å². The standard InChI is InChI=1S/C21H25N3O4/c1-12-7-15(13(2)23-20(26)28-21(3,4)5)19-16(8-12)17(25)9-18(27-19)14-10-22-24(6)11-14/h7-11,13H,1-6H3,(H,23,26)/t13-/m1/s1. The van der Waals surface area contributed by atoms with Crippen molar-refractivity contribution in [3.05, 3.63) is 51.9 Å². The van der Waals surface area contributed by atoms with Crippen LogP contribution in [0.15, 0.2) is 39.8 Å². The molecule has 1 atom stereocenters. The molecule has 0 aliphatic rings. The van der Waals surface area contributed by atoms with Gasteiger partial charge in [-0.25, -0.2) is 4.79 Å².